The zero-order valence-corrected chi connectivity index (χ0v) is 18.9. The third-order valence-electron chi connectivity index (χ3n) is 5.78. The average molecular weight is 454 g/mol. The van der Waals surface area contributed by atoms with Gasteiger partial charge in [-0.1, -0.05) is 30.0 Å². The van der Waals surface area contributed by atoms with Crippen LogP contribution in [-0.2, 0) is 24.1 Å². The standard InChI is InChI=1S/C23H23N3O3S2/c1-29-11-10-26-22(28)20-15-7-3-5-9-19(15)31-21(20)25-23(26)30-13-18(27)16-12-24-17-8-4-2-6-14(16)17/h2,4,6,8,12,24H,3,5,7,9-11,13H2,1H3. The van der Waals surface area contributed by atoms with Crippen molar-refractivity contribution >= 4 is 50.0 Å². The summed E-state index contributed by atoms with van der Waals surface area (Å²) in [4.78, 5) is 36.4. The van der Waals surface area contributed by atoms with Crippen molar-refractivity contribution < 1.29 is 9.53 Å². The van der Waals surface area contributed by atoms with Gasteiger partial charge in [-0.2, -0.15) is 0 Å². The second-order valence-corrected chi connectivity index (χ2v) is 9.72. The highest BCUT2D eigenvalue weighted by atomic mass is 32.2. The van der Waals surface area contributed by atoms with Gasteiger partial charge in [0.25, 0.3) is 5.56 Å². The zero-order chi connectivity index (χ0) is 21.4. The van der Waals surface area contributed by atoms with Crippen LogP contribution in [0.1, 0.15) is 33.6 Å². The Labute approximate surface area is 187 Å². The zero-order valence-electron chi connectivity index (χ0n) is 17.3. The van der Waals surface area contributed by atoms with Gasteiger partial charge in [0.15, 0.2) is 10.9 Å². The van der Waals surface area contributed by atoms with E-state index in [0.29, 0.717) is 23.9 Å². The van der Waals surface area contributed by atoms with Crippen LogP contribution in [0, 0.1) is 0 Å². The molecular weight excluding hydrogens is 430 g/mol. The first-order chi connectivity index (χ1) is 15.2. The molecule has 160 valence electrons. The van der Waals surface area contributed by atoms with Gasteiger partial charge >= 0.3 is 0 Å². The normalized spacial score (nSPS) is 13.7. The van der Waals surface area contributed by atoms with Gasteiger partial charge < -0.3 is 9.72 Å². The molecule has 8 heteroatoms. The fraction of sp³-hybridized carbons (Fsp3) is 0.348. The number of ketones is 1. The summed E-state index contributed by atoms with van der Waals surface area (Å²) in [6, 6.07) is 7.76. The van der Waals surface area contributed by atoms with E-state index in [-0.39, 0.29) is 17.1 Å². The largest absolute Gasteiger partial charge is 0.383 e. The molecule has 3 heterocycles. The van der Waals surface area contributed by atoms with Gasteiger partial charge in [-0.15, -0.1) is 11.3 Å². The Morgan fingerprint density at radius 3 is 3.00 bits per heavy atom. The highest BCUT2D eigenvalue weighted by Crippen LogP contribution is 2.35. The molecular formula is C23H23N3O3S2. The molecule has 1 N–H and O–H groups in total. The Kier molecular flexibility index (Phi) is 5.69. The second kappa shape index (κ2) is 8.61. The lowest BCUT2D eigenvalue weighted by atomic mass is 9.97. The highest BCUT2D eigenvalue weighted by Gasteiger charge is 2.23. The molecule has 0 bridgehead atoms. The van der Waals surface area contributed by atoms with E-state index in [0.717, 1.165) is 40.4 Å². The average Bonchev–Trinajstić information content (AvgIpc) is 3.38. The lowest BCUT2D eigenvalue weighted by Gasteiger charge is -2.13. The van der Waals surface area contributed by atoms with Crippen molar-refractivity contribution in [3.8, 4) is 0 Å². The molecule has 6 nitrogen and oxygen atoms in total. The van der Waals surface area contributed by atoms with E-state index in [9.17, 15) is 9.59 Å². The van der Waals surface area contributed by atoms with E-state index < -0.39 is 0 Å². The number of ether oxygens (including phenoxy) is 1. The van der Waals surface area contributed by atoms with Crippen LogP contribution in [0.4, 0.5) is 0 Å². The predicted octanol–water partition coefficient (Wildman–Crippen LogP) is 4.44. The van der Waals surface area contributed by atoms with E-state index in [1.54, 1.807) is 29.2 Å². The quantitative estimate of drug-likeness (QED) is 0.254. The number of nitrogens with zero attached hydrogens (tertiary/aromatic N) is 2. The number of aryl methyl sites for hydroxylation is 2. The minimum absolute atomic E-state index is 0.0107. The van der Waals surface area contributed by atoms with Crippen LogP contribution in [0.3, 0.4) is 0 Å². The third kappa shape index (κ3) is 3.73. The first-order valence-electron chi connectivity index (χ1n) is 10.4. The van der Waals surface area contributed by atoms with Crippen LogP contribution in [0.5, 0.6) is 0 Å². The number of rotatable bonds is 7. The number of Topliss-reactive ketones (excluding diaryl/α,β-unsaturated/α-hetero) is 1. The molecule has 0 amide bonds. The molecule has 1 aliphatic carbocycles. The molecule has 0 aliphatic heterocycles. The van der Waals surface area contributed by atoms with Crippen LogP contribution in [0.2, 0.25) is 0 Å². The van der Waals surface area contributed by atoms with Crippen molar-refractivity contribution in [3.05, 3.63) is 56.8 Å². The molecule has 5 rings (SSSR count). The number of nitrogens with one attached hydrogen (secondary N) is 1. The number of aromatic amines is 1. The van der Waals surface area contributed by atoms with Crippen molar-refractivity contribution in [1.82, 2.24) is 14.5 Å². The fourth-order valence-electron chi connectivity index (χ4n) is 4.22. The van der Waals surface area contributed by atoms with E-state index in [1.165, 1.54) is 28.6 Å². The number of fused-ring (bicyclic) bond motifs is 4. The van der Waals surface area contributed by atoms with Crippen molar-refractivity contribution in [2.75, 3.05) is 19.5 Å². The van der Waals surface area contributed by atoms with E-state index in [2.05, 4.69) is 4.98 Å². The molecule has 0 fully saturated rings. The maximum absolute atomic E-state index is 13.4. The van der Waals surface area contributed by atoms with Gasteiger partial charge in [-0.05, 0) is 37.3 Å². The summed E-state index contributed by atoms with van der Waals surface area (Å²) in [5, 5.41) is 2.27. The smallest absolute Gasteiger partial charge is 0.263 e. The number of hydrogen-bond donors (Lipinski definition) is 1. The van der Waals surface area contributed by atoms with E-state index in [1.807, 2.05) is 24.3 Å². The summed E-state index contributed by atoms with van der Waals surface area (Å²) in [6.45, 7) is 0.843. The van der Waals surface area contributed by atoms with Gasteiger partial charge in [0.05, 0.1) is 24.3 Å². The first kappa shape index (κ1) is 20.5. The molecule has 0 unspecified atom stereocenters. The lowest BCUT2D eigenvalue weighted by Crippen LogP contribution is -2.26. The van der Waals surface area contributed by atoms with Crippen LogP contribution >= 0.6 is 23.1 Å². The minimum atomic E-state index is -0.0107. The molecule has 4 aromatic rings. The summed E-state index contributed by atoms with van der Waals surface area (Å²) >= 11 is 2.96. The number of benzene rings is 1. The van der Waals surface area contributed by atoms with Crippen LogP contribution < -0.4 is 5.56 Å². The summed E-state index contributed by atoms with van der Waals surface area (Å²) in [5.74, 6) is 0.235. The molecule has 0 radical (unpaired) electrons. The molecule has 3 aromatic heterocycles. The number of carbonyl (C=O) groups excluding carboxylic acids is 1. The highest BCUT2D eigenvalue weighted by molar-refractivity contribution is 7.99. The summed E-state index contributed by atoms with van der Waals surface area (Å²) in [6.07, 6.45) is 6.01. The number of hydrogen-bond acceptors (Lipinski definition) is 6. The maximum atomic E-state index is 13.4. The number of methoxy groups -OCH3 is 1. The third-order valence-corrected chi connectivity index (χ3v) is 7.94. The molecule has 0 spiro atoms. The van der Waals surface area contributed by atoms with Crippen LogP contribution in [0.15, 0.2) is 40.4 Å². The number of thioether (sulfide) groups is 1. The SMILES string of the molecule is COCCn1c(SCC(=O)c2c[nH]c3ccccc23)nc2sc3c(c2c1=O)CCCC3. The Bertz CT molecular complexity index is 1340. The van der Waals surface area contributed by atoms with Gasteiger partial charge in [0.1, 0.15) is 4.83 Å². The molecule has 1 aliphatic rings. The number of thiophene rings is 1. The number of aromatic nitrogens is 3. The summed E-state index contributed by atoms with van der Waals surface area (Å²) < 4.78 is 6.91. The second-order valence-electron chi connectivity index (χ2n) is 7.69. The molecule has 0 saturated carbocycles. The lowest BCUT2D eigenvalue weighted by molar-refractivity contribution is 0.102. The maximum Gasteiger partial charge on any atom is 0.263 e. The van der Waals surface area contributed by atoms with Gasteiger partial charge in [-0.25, -0.2) is 4.98 Å². The van der Waals surface area contributed by atoms with Crippen LogP contribution in [-0.4, -0.2) is 39.8 Å². The summed E-state index contributed by atoms with van der Waals surface area (Å²) in [7, 11) is 1.62. The summed E-state index contributed by atoms with van der Waals surface area (Å²) in [5.41, 5.74) is 2.78. The predicted molar refractivity (Wildman–Crippen MR) is 126 cm³/mol. The number of carbonyl (C=O) groups is 1. The van der Waals surface area contributed by atoms with Crippen molar-refractivity contribution in [3.63, 3.8) is 0 Å². The van der Waals surface area contributed by atoms with Crippen molar-refractivity contribution in [2.24, 2.45) is 0 Å². The Morgan fingerprint density at radius 1 is 1.29 bits per heavy atom. The van der Waals surface area contributed by atoms with Crippen molar-refractivity contribution in [1.29, 1.82) is 0 Å². The molecule has 0 saturated heterocycles. The molecule has 0 atom stereocenters. The van der Waals surface area contributed by atoms with Crippen LogP contribution in [0.25, 0.3) is 21.1 Å². The molecule has 31 heavy (non-hydrogen) atoms. The monoisotopic (exact) mass is 453 g/mol. The molecule has 1 aromatic carbocycles. The van der Waals surface area contributed by atoms with E-state index in [4.69, 9.17) is 9.72 Å². The fourth-order valence-corrected chi connectivity index (χ4v) is 6.43. The topological polar surface area (TPSA) is 77.0 Å². The van der Waals surface area contributed by atoms with Gasteiger partial charge in [-0.3, -0.25) is 14.2 Å². The Morgan fingerprint density at radius 2 is 2.13 bits per heavy atom. The van der Waals surface area contributed by atoms with E-state index >= 15 is 0 Å². The first-order valence-corrected chi connectivity index (χ1v) is 12.2. The number of H-pyrrole nitrogens is 1. The number of para-hydroxylation sites is 1. The van der Waals surface area contributed by atoms with Gasteiger partial charge in [0, 0.05) is 34.7 Å². The van der Waals surface area contributed by atoms with Crippen molar-refractivity contribution in [2.45, 2.75) is 37.4 Å². The minimum Gasteiger partial charge on any atom is -0.383 e. The Balaban J connectivity index is 1.49. The Hall–Kier alpha value is -2.42. The van der Waals surface area contributed by atoms with Gasteiger partial charge in [0.2, 0.25) is 0 Å².